The first-order valence-electron chi connectivity index (χ1n) is 7.80. The third kappa shape index (κ3) is 3.33. The van der Waals surface area contributed by atoms with Crippen LogP contribution in [0.15, 0.2) is 4.47 Å². The summed E-state index contributed by atoms with van der Waals surface area (Å²) in [6.45, 7) is 6.83. The molecule has 0 saturated heterocycles. The third-order valence-corrected chi connectivity index (χ3v) is 5.42. The van der Waals surface area contributed by atoms with Gasteiger partial charge in [0.15, 0.2) is 0 Å². The van der Waals surface area contributed by atoms with E-state index in [2.05, 4.69) is 42.0 Å². The van der Waals surface area contributed by atoms with Gasteiger partial charge in [-0.2, -0.15) is 0 Å². The molecule has 0 aliphatic heterocycles. The molecule has 1 aliphatic rings. The maximum absolute atomic E-state index is 4.79. The van der Waals surface area contributed by atoms with Crippen molar-refractivity contribution in [2.45, 2.75) is 58.8 Å². The molecular weight excluding hydrogens is 314 g/mol. The molecule has 0 unspecified atom stereocenters. The van der Waals surface area contributed by atoms with Crippen LogP contribution in [-0.2, 0) is 6.42 Å². The van der Waals surface area contributed by atoms with Crippen LogP contribution in [0, 0.1) is 11.8 Å². The number of aromatic nitrogens is 2. The quantitative estimate of drug-likeness (QED) is 0.858. The zero-order valence-electron chi connectivity index (χ0n) is 13.0. The molecule has 2 rings (SSSR count). The maximum Gasteiger partial charge on any atom is 0.144 e. The highest BCUT2D eigenvalue weighted by Crippen LogP contribution is 2.38. The van der Waals surface area contributed by atoms with Gasteiger partial charge in [0.05, 0.1) is 10.2 Å². The largest absolute Gasteiger partial charge is 0.372 e. The van der Waals surface area contributed by atoms with Gasteiger partial charge in [-0.25, -0.2) is 9.97 Å². The Morgan fingerprint density at radius 2 is 1.85 bits per heavy atom. The average Bonchev–Trinajstić information content (AvgIpc) is 2.47. The van der Waals surface area contributed by atoms with Gasteiger partial charge in [-0.05, 0) is 59.9 Å². The second-order valence-corrected chi connectivity index (χ2v) is 6.94. The normalized spacial score (nSPS) is 23.1. The molecule has 1 heterocycles. The van der Waals surface area contributed by atoms with Crippen molar-refractivity contribution in [3.05, 3.63) is 16.0 Å². The zero-order chi connectivity index (χ0) is 14.7. The number of aryl methyl sites for hydroxylation is 1. The summed E-state index contributed by atoms with van der Waals surface area (Å²) in [7, 11) is 1.92. The highest BCUT2D eigenvalue weighted by atomic mass is 79.9. The molecule has 1 N–H and O–H groups in total. The number of hydrogen-bond acceptors (Lipinski definition) is 3. The number of nitrogens with zero attached hydrogens (tertiary/aromatic N) is 2. The summed E-state index contributed by atoms with van der Waals surface area (Å²) in [5.41, 5.74) is 1.12. The predicted octanol–water partition coefficient (Wildman–Crippen LogP) is 4.77. The first kappa shape index (κ1) is 15.7. The summed E-state index contributed by atoms with van der Waals surface area (Å²) in [6.07, 6.45) is 6.04. The van der Waals surface area contributed by atoms with Crippen LogP contribution in [0.2, 0.25) is 0 Å². The van der Waals surface area contributed by atoms with Gasteiger partial charge in [-0.3, -0.25) is 0 Å². The lowest BCUT2D eigenvalue weighted by atomic mass is 9.76. The van der Waals surface area contributed by atoms with Crippen molar-refractivity contribution < 1.29 is 0 Å². The molecule has 112 valence electrons. The minimum absolute atomic E-state index is 0.537. The average molecular weight is 340 g/mol. The fourth-order valence-electron chi connectivity index (χ4n) is 3.14. The second-order valence-electron chi connectivity index (χ2n) is 6.15. The van der Waals surface area contributed by atoms with Gasteiger partial charge in [0.25, 0.3) is 0 Å². The van der Waals surface area contributed by atoms with Crippen LogP contribution in [0.4, 0.5) is 5.82 Å². The summed E-state index contributed by atoms with van der Waals surface area (Å²) >= 11 is 3.60. The van der Waals surface area contributed by atoms with E-state index in [4.69, 9.17) is 9.97 Å². The van der Waals surface area contributed by atoms with Crippen molar-refractivity contribution in [3.8, 4) is 0 Å². The summed E-state index contributed by atoms with van der Waals surface area (Å²) in [4.78, 5) is 9.52. The molecule has 1 fully saturated rings. The minimum atomic E-state index is 0.537. The first-order valence-corrected chi connectivity index (χ1v) is 8.60. The van der Waals surface area contributed by atoms with Crippen molar-refractivity contribution in [1.82, 2.24) is 9.97 Å². The van der Waals surface area contributed by atoms with Crippen LogP contribution < -0.4 is 5.32 Å². The molecule has 0 radical (unpaired) electrons. The van der Waals surface area contributed by atoms with Gasteiger partial charge < -0.3 is 5.32 Å². The predicted molar refractivity (Wildman–Crippen MR) is 88.2 cm³/mol. The summed E-state index contributed by atoms with van der Waals surface area (Å²) in [6, 6.07) is 0. The van der Waals surface area contributed by atoms with E-state index in [-0.39, 0.29) is 0 Å². The number of halogens is 1. The van der Waals surface area contributed by atoms with Crippen molar-refractivity contribution in [1.29, 1.82) is 0 Å². The molecule has 1 aromatic heterocycles. The van der Waals surface area contributed by atoms with Crippen LogP contribution in [0.3, 0.4) is 0 Å². The van der Waals surface area contributed by atoms with Gasteiger partial charge in [0.1, 0.15) is 11.6 Å². The van der Waals surface area contributed by atoms with Crippen molar-refractivity contribution in [2.75, 3.05) is 12.4 Å². The van der Waals surface area contributed by atoms with Gasteiger partial charge in [0.2, 0.25) is 0 Å². The number of anilines is 1. The number of rotatable bonds is 4. The highest BCUT2D eigenvalue weighted by Gasteiger charge is 2.26. The topological polar surface area (TPSA) is 37.8 Å². The lowest BCUT2D eigenvalue weighted by molar-refractivity contribution is 0.254. The van der Waals surface area contributed by atoms with Crippen molar-refractivity contribution in [3.63, 3.8) is 0 Å². The first-order chi connectivity index (χ1) is 9.56. The van der Waals surface area contributed by atoms with Gasteiger partial charge in [-0.15, -0.1) is 0 Å². The molecule has 0 spiro atoms. The molecule has 0 bridgehead atoms. The van der Waals surface area contributed by atoms with E-state index in [1.807, 2.05) is 7.05 Å². The van der Waals surface area contributed by atoms with Crippen LogP contribution >= 0.6 is 15.9 Å². The Bertz CT molecular complexity index is 426. The van der Waals surface area contributed by atoms with Crippen LogP contribution in [0.25, 0.3) is 0 Å². The number of hydrogen-bond donors (Lipinski definition) is 1. The second kappa shape index (κ2) is 6.88. The zero-order valence-corrected chi connectivity index (χ0v) is 14.6. The molecule has 1 saturated carbocycles. The fourth-order valence-corrected chi connectivity index (χ4v) is 3.80. The van der Waals surface area contributed by atoms with Crippen LogP contribution in [-0.4, -0.2) is 17.0 Å². The summed E-state index contributed by atoms with van der Waals surface area (Å²) < 4.78 is 1.02. The monoisotopic (exact) mass is 339 g/mol. The molecule has 20 heavy (non-hydrogen) atoms. The molecule has 1 aliphatic carbocycles. The molecule has 0 aromatic carbocycles. The Labute approximate surface area is 131 Å². The molecule has 3 nitrogen and oxygen atoms in total. The smallest absolute Gasteiger partial charge is 0.144 e. The Hall–Kier alpha value is -0.640. The minimum Gasteiger partial charge on any atom is -0.372 e. The van der Waals surface area contributed by atoms with E-state index in [0.717, 1.165) is 40.1 Å². The van der Waals surface area contributed by atoms with Crippen molar-refractivity contribution >= 4 is 21.7 Å². The van der Waals surface area contributed by atoms with Gasteiger partial charge in [-0.1, -0.05) is 20.8 Å². The summed E-state index contributed by atoms with van der Waals surface area (Å²) in [5.74, 6) is 4.20. The van der Waals surface area contributed by atoms with E-state index >= 15 is 0 Å². The SMILES string of the molecule is CCc1nc(C2CCC(C(C)C)CC2)nc(NC)c1Br. The fraction of sp³-hybridized carbons (Fsp3) is 0.750. The van der Waals surface area contributed by atoms with E-state index in [1.54, 1.807) is 0 Å². The van der Waals surface area contributed by atoms with E-state index in [0.29, 0.717) is 5.92 Å². The van der Waals surface area contributed by atoms with Crippen molar-refractivity contribution in [2.24, 2.45) is 11.8 Å². The van der Waals surface area contributed by atoms with Crippen LogP contribution in [0.1, 0.15) is 63.9 Å². The Morgan fingerprint density at radius 3 is 2.35 bits per heavy atom. The molecular formula is C16H26BrN3. The Morgan fingerprint density at radius 1 is 1.20 bits per heavy atom. The molecule has 4 heteroatoms. The van der Waals surface area contributed by atoms with Gasteiger partial charge >= 0.3 is 0 Å². The lowest BCUT2D eigenvalue weighted by Crippen LogP contribution is -2.19. The Kier molecular flexibility index (Phi) is 5.42. The lowest BCUT2D eigenvalue weighted by Gasteiger charge is -2.30. The van der Waals surface area contributed by atoms with E-state index in [1.165, 1.54) is 25.7 Å². The maximum atomic E-state index is 4.79. The standard InChI is InChI=1S/C16H26BrN3/c1-5-13-14(17)16(18-4)20-15(19-13)12-8-6-11(7-9-12)10(2)3/h10-12H,5-9H2,1-4H3,(H,18,19,20). The van der Waals surface area contributed by atoms with E-state index < -0.39 is 0 Å². The Balaban J connectivity index is 2.17. The molecule has 1 aromatic rings. The third-order valence-electron chi connectivity index (χ3n) is 4.59. The van der Waals surface area contributed by atoms with Gasteiger partial charge in [0, 0.05) is 13.0 Å². The molecule has 0 amide bonds. The highest BCUT2D eigenvalue weighted by molar-refractivity contribution is 9.10. The van der Waals surface area contributed by atoms with E-state index in [9.17, 15) is 0 Å². The number of nitrogens with one attached hydrogen (secondary N) is 1. The van der Waals surface area contributed by atoms with Crippen LogP contribution in [0.5, 0.6) is 0 Å². The molecule has 0 atom stereocenters. The summed E-state index contributed by atoms with van der Waals surface area (Å²) in [5, 5.41) is 3.18.